The Bertz CT molecular complexity index is 988. The van der Waals surface area contributed by atoms with Gasteiger partial charge >= 0.3 is 17.8 Å². The van der Waals surface area contributed by atoms with Gasteiger partial charge in [0, 0.05) is 5.56 Å². The summed E-state index contributed by atoms with van der Waals surface area (Å²) >= 11 is 0. The molecule has 3 rings (SSSR count). The first-order valence-corrected chi connectivity index (χ1v) is 9.24. The second-order valence-corrected chi connectivity index (χ2v) is 7.93. The van der Waals surface area contributed by atoms with Crippen molar-refractivity contribution < 1.29 is 19.2 Å². The van der Waals surface area contributed by atoms with Crippen molar-refractivity contribution in [3.05, 3.63) is 65.2 Å². The molecule has 2 aromatic carbocycles. The summed E-state index contributed by atoms with van der Waals surface area (Å²) in [4.78, 5) is 53.0. The van der Waals surface area contributed by atoms with E-state index in [4.69, 9.17) is 0 Å². The van der Waals surface area contributed by atoms with E-state index in [-0.39, 0.29) is 0 Å². The molecular weight excluding hydrogens is 370 g/mol. The molecule has 0 aromatic heterocycles. The molecule has 1 aliphatic heterocycles. The molecule has 1 fully saturated rings. The number of nitrogens with zero attached hydrogens (tertiary/aromatic N) is 3. The van der Waals surface area contributed by atoms with Gasteiger partial charge in [0.1, 0.15) is 0 Å². The van der Waals surface area contributed by atoms with Crippen molar-refractivity contribution >= 4 is 29.4 Å². The molecule has 1 aliphatic rings. The molecule has 0 saturated carbocycles. The first-order chi connectivity index (χ1) is 13.6. The molecule has 1 heterocycles. The Kier molecular flexibility index (Phi) is 5.00. The topological polar surface area (TPSA) is 78.0 Å². The third-order valence-corrected chi connectivity index (χ3v) is 4.66. The van der Waals surface area contributed by atoms with E-state index in [1.807, 2.05) is 0 Å². The lowest BCUT2D eigenvalue weighted by Crippen LogP contribution is -2.58. The minimum atomic E-state index is -1.06. The largest absolute Gasteiger partial charge is 0.358 e. The standard InChI is InChI=1S/C22H23N3O4/c1-14-10-9-11-15(2)17(14)23-19(27)20(28)24(21(23)29)25(22(3,4)5)18(26)16-12-7-6-8-13-16/h6-13H,1-5H3. The van der Waals surface area contributed by atoms with Gasteiger partial charge in [0.05, 0.1) is 11.2 Å². The molecule has 150 valence electrons. The summed E-state index contributed by atoms with van der Waals surface area (Å²) in [5, 5.41) is 1.71. The van der Waals surface area contributed by atoms with Crippen molar-refractivity contribution in [2.24, 2.45) is 0 Å². The monoisotopic (exact) mass is 393 g/mol. The van der Waals surface area contributed by atoms with Crippen LogP contribution in [0, 0.1) is 13.8 Å². The van der Waals surface area contributed by atoms with Gasteiger partial charge in [-0.2, -0.15) is 5.01 Å². The predicted molar refractivity (Wildman–Crippen MR) is 108 cm³/mol. The van der Waals surface area contributed by atoms with E-state index in [9.17, 15) is 19.2 Å². The predicted octanol–water partition coefficient (Wildman–Crippen LogP) is 3.45. The van der Waals surface area contributed by atoms with Crippen LogP contribution in [0.5, 0.6) is 0 Å². The van der Waals surface area contributed by atoms with Crippen LogP contribution in [0.3, 0.4) is 0 Å². The van der Waals surface area contributed by atoms with Gasteiger partial charge in [-0.15, -0.1) is 0 Å². The number of hydrogen-bond acceptors (Lipinski definition) is 4. The number of benzene rings is 2. The van der Waals surface area contributed by atoms with Crippen molar-refractivity contribution in [3.63, 3.8) is 0 Å². The molecule has 2 aromatic rings. The maximum Gasteiger partial charge on any atom is 0.358 e. The number of hydrazine groups is 1. The molecule has 0 radical (unpaired) electrons. The van der Waals surface area contributed by atoms with Crippen molar-refractivity contribution in [2.75, 3.05) is 4.90 Å². The number of para-hydroxylation sites is 1. The number of aryl methyl sites for hydroxylation is 2. The number of urea groups is 1. The van der Waals surface area contributed by atoms with Crippen molar-refractivity contribution in [1.29, 1.82) is 0 Å². The fraction of sp³-hybridized carbons (Fsp3) is 0.273. The van der Waals surface area contributed by atoms with Crippen molar-refractivity contribution in [3.8, 4) is 0 Å². The molecule has 0 N–H and O–H groups in total. The van der Waals surface area contributed by atoms with Crippen LogP contribution in [-0.2, 0) is 9.59 Å². The van der Waals surface area contributed by atoms with E-state index in [1.165, 1.54) is 0 Å². The summed E-state index contributed by atoms with van der Waals surface area (Å²) in [6, 6.07) is 12.8. The zero-order chi connectivity index (χ0) is 21.5. The Hall–Kier alpha value is -3.48. The molecule has 0 spiro atoms. The number of carbonyl (C=O) groups excluding carboxylic acids is 4. The number of hydrogen-bond donors (Lipinski definition) is 0. The lowest BCUT2D eigenvalue weighted by molar-refractivity contribution is -0.148. The number of amides is 5. The Morgan fingerprint density at radius 1 is 0.828 bits per heavy atom. The van der Waals surface area contributed by atoms with E-state index < -0.39 is 29.3 Å². The van der Waals surface area contributed by atoms with E-state index >= 15 is 0 Å². The maximum atomic E-state index is 13.3. The van der Waals surface area contributed by atoms with Crippen LogP contribution >= 0.6 is 0 Å². The number of carbonyl (C=O) groups is 4. The Morgan fingerprint density at radius 3 is 1.90 bits per heavy atom. The minimum Gasteiger partial charge on any atom is -0.267 e. The molecule has 0 bridgehead atoms. The Morgan fingerprint density at radius 2 is 1.38 bits per heavy atom. The fourth-order valence-corrected chi connectivity index (χ4v) is 3.39. The molecular formula is C22H23N3O4. The third-order valence-electron chi connectivity index (χ3n) is 4.66. The molecule has 7 heteroatoms. The lowest BCUT2D eigenvalue weighted by Gasteiger charge is -2.39. The highest BCUT2D eigenvalue weighted by molar-refractivity contribution is 6.53. The smallest absolute Gasteiger partial charge is 0.267 e. The number of imide groups is 2. The molecule has 5 amide bonds. The highest BCUT2D eigenvalue weighted by Gasteiger charge is 2.52. The lowest BCUT2D eigenvalue weighted by atomic mass is 10.1. The van der Waals surface area contributed by atoms with Crippen LogP contribution in [-0.4, -0.2) is 39.3 Å². The molecule has 7 nitrogen and oxygen atoms in total. The van der Waals surface area contributed by atoms with Crippen LogP contribution in [0.4, 0.5) is 10.5 Å². The van der Waals surface area contributed by atoms with Gasteiger partial charge in [-0.05, 0) is 57.9 Å². The second-order valence-electron chi connectivity index (χ2n) is 7.93. The average Bonchev–Trinajstić information content (AvgIpc) is 2.86. The quantitative estimate of drug-likeness (QED) is 0.591. The highest BCUT2D eigenvalue weighted by Crippen LogP contribution is 2.32. The van der Waals surface area contributed by atoms with Crippen molar-refractivity contribution in [2.45, 2.75) is 40.2 Å². The van der Waals surface area contributed by atoms with Gasteiger partial charge in [0.15, 0.2) is 0 Å². The van der Waals surface area contributed by atoms with E-state index in [0.717, 1.165) is 9.91 Å². The Labute approximate surface area is 169 Å². The van der Waals surface area contributed by atoms with Crippen LogP contribution in [0.25, 0.3) is 0 Å². The van der Waals surface area contributed by atoms with Crippen LogP contribution < -0.4 is 4.90 Å². The van der Waals surface area contributed by atoms with Gasteiger partial charge in [-0.1, -0.05) is 36.4 Å². The van der Waals surface area contributed by atoms with Gasteiger partial charge in [-0.3, -0.25) is 14.4 Å². The van der Waals surface area contributed by atoms with Gasteiger partial charge in [0.2, 0.25) is 0 Å². The summed E-state index contributed by atoms with van der Waals surface area (Å²) in [5.41, 5.74) is 1.09. The van der Waals surface area contributed by atoms with E-state index in [2.05, 4.69) is 0 Å². The molecule has 0 aliphatic carbocycles. The van der Waals surface area contributed by atoms with E-state index in [1.54, 1.807) is 83.1 Å². The van der Waals surface area contributed by atoms with Crippen LogP contribution in [0.2, 0.25) is 0 Å². The number of anilines is 1. The number of rotatable bonds is 3. The average molecular weight is 393 g/mol. The normalized spacial score (nSPS) is 14.6. The Balaban J connectivity index is 2.11. The van der Waals surface area contributed by atoms with Crippen LogP contribution in [0.15, 0.2) is 48.5 Å². The highest BCUT2D eigenvalue weighted by atomic mass is 16.3. The first kappa shape index (κ1) is 20.3. The van der Waals surface area contributed by atoms with Gasteiger partial charge in [0.25, 0.3) is 5.91 Å². The van der Waals surface area contributed by atoms with Gasteiger partial charge < -0.3 is 0 Å². The summed E-state index contributed by atoms with van der Waals surface area (Å²) in [5.74, 6) is -2.59. The summed E-state index contributed by atoms with van der Waals surface area (Å²) in [6.45, 7) is 8.60. The fourth-order valence-electron chi connectivity index (χ4n) is 3.39. The van der Waals surface area contributed by atoms with Crippen LogP contribution in [0.1, 0.15) is 42.3 Å². The first-order valence-electron chi connectivity index (χ1n) is 9.24. The summed E-state index contributed by atoms with van der Waals surface area (Å²) in [7, 11) is 0. The van der Waals surface area contributed by atoms with Gasteiger partial charge in [-0.25, -0.2) is 14.7 Å². The summed E-state index contributed by atoms with van der Waals surface area (Å²) in [6.07, 6.45) is 0. The maximum absolute atomic E-state index is 13.3. The molecule has 0 atom stereocenters. The summed E-state index contributed by atoms with van der Waals surface area (Å²) < 4.78 is 0. The zero-order valence-corrected chi connectivity index (χ0v) is 17.1. The molecule has 1 saturated heterocycles. The van der Waals surface area contributed by atoms with Crippen molar-refractivity contribution in [1.82, 2.24) is 10.0 Å². The third kappa shape index (κ3) is 3.40. The zero-order valence-electron chi connectivity index (χ0n) is 17.1. The SMILES string of the molecule is Cc1cccc(C)c1N1C(=O)C(=O)N(N(C(=O)c2ccccc2)C(C)(C)C)C1=O. The molecule has 29 heavy (non-hydrogen) atoms. The molecule has 0 unspecified atom stereocenters. The van der Waals surface area contributed by atoms with E-state index in [0.29, 0.717) is 27.4 Å². The minimum absolute atomic E-state index is 0.306. The second kappa shape index (κ2) is 7.16.